The fraction of sp³-hybridized carbons (Fsp3) is 1.00. The number of hydrogen-bond acceptors (Lipinski definition) is 5. The van der Waals surface area contributed by atoms with E-state index in [1.165, 1.54) is 0 Å². The predicted molar refractivity (Wildman–Crippen MR) is 38.9 cm³/mol. The van der Waals surface area contributed by atoms with Crippen molar-refractivity contribution in [3.63, 3.8) is 0 Å². The molecule has 0 aliphatic rings. The summed E-state index contributed by atoms with van der Waals surface area (Å²) >= 11 is 7.30. The zero-order valence-electron chi connectivity index (χ0n) is 4.03. The minimum Gasteiger partial charge on any atom is -0.300 e. The third kappa shape index (κ3) is 5.00. The van der Waals surface area contributed by atoms with Gasteiger partial charge in [-0.2, -0.15) is 25.3 Å². The molecular weight excluding hydrogens is 167 g/mol. The van der Waals surface area contributed by atoms with Crippen molar-refractivity contribution in [2.24, 2.45) is 0 Å². The van der Waals surface area contributed by atoms with Gasteiger partial charge in [-0.05, 0) is 0 Å². The first-order valence-electron chi connectivity index (χ1n) is 1.82. The second-order valence-corrected chi connectivity index (χ2v) is 2.39. The summed E-state index contributed by atoms with van der Waals surface area (Å²) in [6, 6.07) is 0. The standard InChI is InChI=1S/C2H7O3PS2/c3-6(4-1-7)5-2-8/h6-8H,1-2H2. The molecule has 0 aliphatic carbocycles. The molecule has 8 heavy (non-hydrogen) atoms. The number of rotatable bonds is 4. The Kier molecular flexibility index (Phi) is 6.61. The average molecular weight is 174 g/mol. The van der Waals surface area contributed by atoms with Gasteiger partial charge >= 0.3 is 8.25 Å². The van der Waals surface area contributed by atoms with Crippen molar-refractivity contribution in [2.45, 2.75) is 0 Å². The second-order valence-electron chi connectivity index (χ2n) is 0.797. The molecule has 6 heteroatoms. The Morgan fingerprint density at radius 2 is 1.62 bits per heavy atom. The van der Waals surface area contributed by atoms with Crippen LogP contribution in [0.4, 0.5) is 0 Å². The van der Waals surface area contributed by atoms with Crippen LogP contribution in [0, 0.1) is 0 Å². The molecule has 0 aromatic carbocycles. The van der Waals surface area contributed by atoms with Crippen molar-refractivity contribution in [2.75, 3.05) is 11.9 Å². The third-order valence-corrected chi connectivity index (χ3v) is 1.87. The Hall–Kier alpha value is 0.850. The van der Waals surface area contributed by atoms with Crippen molar-refractivity contribution < 1.29 is 13.6 Å². The molecule has 0 heterocycles. The van der Waals surface area contributed by atoms with Gasteiger partial charge in [0.15, 0.2) is 0 Å². The maximum absolute atomic E-state index is 10.3. The van der Waals surface area contributed by atoms with E-state index >= 15 is 0 Å². The number of hydrogen-bond donors (Lipinski definition) is 2. The summed E-state index contributed by atoms with van der Waals surface area (Å²) in [4.78, 5) is 0. The Morgan fingerprint density at radius 3 is 1.88 bits per heavy atom. The van der Waals surface area contributed by atoms with Gasteiger partial charge in [0.05, 0.1) is 11.9 Å². The first-order valence-corrected chi connectivity index (χ1v) is 4.31. The molecule has 0 fully saturated rings. The molecule has 0 saturated heterocycles. The highest BCUT2D eigenvalue weighted by Gasteiger charge is 1.92. The minimum atomic E-state index is -2.29. The summed E-state index contributed by atoms with van der Waals surface area (Å²) in [5.74, 6) is 0.233. The van der Waals surface area contributed by atoms with Gasteiger partial charge in [0.1, 0.15) is 0 Å². The van der Waals surface area contributed by atoms with Crippen LogP contribution in [-0.4, -0.2) is 11.9 Å². The van der Waals surface area contributed by atoms with Crippen molar-refractivity contribution in [1.29, 1.82) is 0 Å². The van der Waals surface area contributed by atoms with E-state index in [-0.39, 0.29) is 11.9 Å². The van der Waals surface area contributed by atoms with Crippen LogP contribution in [0.3, 0.4) is 0 Å². The Bertz CT molecular complexity index is 69.7. The van der Waals surface area contributed by atoms with Gasteiger partial charge in [-0.25, -0.2) is 0 Å². The van der Waals surface area contributed by atoms with Crippen LogP contribution in [0.5, 0.6) is 0 Å². The monoisotopic (exact) mass is 174 g/mol. The van der Waals surface area contributed by atoms with E-state index in [4.69, 9.17) is 0 Å². The second kappa shape index (κ2) is 5.98. The van der Waals surface area contributed by atoms with Gasteiger partial charge in [-0.1, -0.05) is 0 Å². The van der Waals surface area contributed by atoms with Crippen LogP contribution < -0.4 is 0 Å². The highest BCUT2D eigenvalue weighted by atomic mass is 32.1. The van der Waals surface area contributed by atoms with Crippen LogP contribution in [-0.2, 0) is 13.6 Å². The Balaban J connectivity index is 3.06. The molecule has 0 bridgehead atoms. The highest BCUT2D eigenvalue weighted by Crippen LogP contribution is 2.23. The highest BCUT2D eigenvalue weighted by molar-refractivity contribution is 7.80. The van der Waals surface area contributed by atoms with Crippen molar-refractivity contribution in [1.82, 2.24) is 0 Å². The van der Waals surface area contributed by atoms with Gasteiger partial charge in [-0.15, -0.1) is 0 Å². The van der Waals surface area contributed by atoms with E-state index in [0.29, 0.717) is 0 Å². The van der Waals surface area contributed by atoms with E-state index in [1.54, 1.807) is 0 Å². The smallest absolute Gasteiger partial charge is 0.300 e. The van der Waals surface area contributed by atoms with Crippen LogP contribution in [0.1, 0.15) is 0 Å². The van der Waals surface area contributed by atoms with Gasteiger partial charge < -0.3 is 0 Å². The summed E-state index contributed by atoms with van der Waals surface area (Å²) < 4.78 is 19.1. The number of thiol groups is 2. The Labute approximate surface area is 59.5 Å². The summed E-state index contributed by atoms with van der Waals surface area (Å²) in [5.41, 5.74) is 0. The summed E-state index contributed by atoms with van der Waals surface area (Å²) in [5, 5.41) is 0. The minimum absolute atomic E-state index is 0.117. The largest absolute Gasteiger partial charge is 0.320 e. The SMILES string of the molecule is O=[PH](OCS)OCS. The fourth-order valence-corrected chi connectivity index (χ4v) is 1.07. The molecule has 0 rings (SSSR count). The molecule has 0 atom stereocenters. The molecular formula is C2H7O3PS2. The first kappa shape index (κ1) is 8.85. The van der Waals surface area contributed by atoms with Gasteiger partial charge in [0.2, 0.25) is 0 Å². The van der Waals surface area contributed by atoms with Crippen LogP contribution >= 0.6 is 33.5 Å². The molecule has 50 valence electrons. The van der Waals surface area contributed by atoms with E-state index in [0.717, 1.165) is 0 Å². The maximum Gasteiger partial charge on any atom is 0.320 e. The first-order chi connectivity index (χ1) is 3.81. The van der Waals surface area contributed by atoms with Gasteiger partial charge in [0.25, 0.3) is 0 Å². The molecule has 0 aromatic rings. The van der Waals surface area contributed by atoms with Crippen LogP contribution in [0.2, 0.25) is 0 Å². The van der Waals surface area contributed by atoms with E-state index in [2.05, 4.69) is 34.3 Å². The van der Waals surface area contributed by atoms with Gasteiger partial charge in [0, 0.05) is 0 Å². The van der Waals surface area contributed by atoms with Crippen molar-refractivity contribution in [3.05, 3.63) is 0 Å². The summed E-state index contributed by atoms with van der Waals surface area (Å²) in [6.07, 6.45) is 0. The lowest BCUT2D eigenvalue weighted by molar-refractivity contribution is 0.286. The molecule has 0 aromatic heterocycles. The molecule has 0 amide bonds. The molecule has 0 aliphatic heterocycles. The molecule has 0 radical (unpaired) electrons. The van der Waals surface area contributed by atoms with Crippen LogP contribution in [0.25, 0.3) is 0 Å². The quantitative estimate of drug-likeness (QED) is 0.381. The van der Waals surface area contributed by atoms with E-state index < -0.39 is 8.25 Å². The lowest BCUT2D eigenvalue weighted by Gasteiger charge is -1.96. The third-order valence-electron chi connectivity index (χ3n) is 0.365. The zero-order valence-corrected chi connectivity index (χ0v) is 6.82. The normalized spacial score (nSPS) is 10.4. The van der Waals surface area contributed by atoms with E-state index in [9.17, 15) is 4.57 Å². The van der Waals surface area contributed by atoms with E-state index in [1.807, 2.05) is 0 Å². The zero-order chi connectivity index (χ0) is 6.41. The van der Waals surface area contributed by atoms with Gasteiger partial charge in [-0.3, -0.25) is 13.6 Å². The van der Waals surface area contributed by atoms with Crippen molar-refractivity contribution >= 4 is 33.5 Å². The molecule has 0 unspecified atom stereocenters. The van der Waals surface area contributed by atoms with Crippen molar-refractivity contribution in [3.8, 4) is 0 Å². The molecule has 0 saturated carbocycles. The summed E-state index contributed by atoms with van der Waals surface area (Å²) in [6.45, 7) is 0. The topological polar surface area (TPSA) is 35.5 Å². The predicted octanol–water partition coefficient (Wildman–Crippen LogP) is 1.18. The lowest BCUT2D eigenvalue weighted by atomic mass is 11.7. The molecule has 0 N–H and O–H groups in total. The lowest BCUT2D eigenvalue weighted by Crippen LogP contribution is -1.78. The summed E-state index contributed by atoms with van der Waals surface area (Å²) in [7, 11) is -2.29. The molecule has 3 nitrogen and oxygen atoms in total. The fourth-order valence-electron chi connectivity index (χ4n) is 0.147. The maximum atomic E-state index is 10.3. The van der Waals surface area contributed by atoms with Crippen LogP contribution in [0.15, 0.2) is 0 Å². The average Bonchev–Trinajstić information content (AvgIpc) is 1.68. The molecule has 0 spiro atoms. The Morgan fingerprint density at radius 1 is 1.25 bits per heavy atom.